The molecule has 2 atom stereocenters. The lowest BCUT2D eigenvalue weighted by atomic mass is 9.89. The third kappa shape index (κ3) is 3.33. The van der Waals surface area contributed by atoms with E-state index in [4.69, 9.17) is 4.74 Å². The second kappa shape index (κ2) is 7.27. The molecule has 1 aromatic heterocycles. The average Bonchev–Trinajstić information content (AvgIpc) is 3.36. The molecular formula is C22H25N3O4S. The third-order valence-corrected chi connectivity index (χ3v) is 8.20. The number of methoxy groups -OCH3 is 1. The fraction of sp³-hybridized carbons (Fsp3) is 0.455. The Hall–Kier alpha value is -2.61. The molecule has 5 rings (SSSR count). The van der Waals surface area contributed by atoms with Crippen LogP contribution in [0.5, 0.6) is 5.75 Å². The van der Waals surface area contributed by atoms with E-state index in [-0.39, 0.29) is 30.5 Å². The van der Waals surface area contributed by atoms with E-state index < -0.39 is 9.84 Å². The molecule has 1 saturated carbocycles. The first-order valence-electron chi connectivity index (χ1n) is 10.4. The van der Waals surface area contributed by atoms with E-state index in [1.165, 1.54) is 5.56 Å². The summed E-state index contributed by atoms with van der Waals surface area (Å²) in [5.41, 5.74) is 4.65. The van der Waals surface area contributed by atoms with Crippen LogP contribution in [0.2, 0.25) is 0 Å². The number of carbonyl (C=O) groups is 1. The Bertz CT molecular complexity index is 1100. The van der Waals surface area contributed by atoms with Crippen molar-refractivity contribution in [2.45, 2.75) is 31.1 Å². The van der Waals surface area contributed by atoms with Gasteiger partial charge >= 0.3 is 0 Å². The number of benzene rings is 1. The summed E-state index contributed by atoms with van der Waals surface area (Å²) in [6.07, 6.45) is 5.02. The predicted octanol–water partition coefficient (Wildman–Crippen LogP) is 3.07. The molecule has 1 aromatic carbocycles. The van der Waals surface area contributed by atoms with Gasteiger partial charge in [0.15, 0.2) is 9.84 Å². The van der Waals surface area contributed by atoms with Gasteiger partial charge in [-0.2, -0.15) is 0 Å². The molecule has 1 N–H and O–H groups in total. The number of nitrogens with zero attached hydrogens (tertiary/aromatic N) is 2. The highest BCUT2D eigenvalue weighted by Crippen LogP contribution is 2.56. The lowest BCUT2D eigenvalue weighted by Crippen LogP contribution is -2.44. The van der Waals surface area contributed by atoms with Crippen molar-refractivity contribution in [1.29, 1.82) is 0 Å². The molecule has 1 saturated heterocycles. The van der Waals surface area contributed by atoms with Gasteiger partial charge in [-0.15, -0.1) is 0 Å². The summed E-state index contributed by atoms with van der Waals surface area (Å²) < 4.78 is 28.8. The minimum absolute atomic E-state index is 0.0302. The summed E-state index contributed by atoms with van der Waals surface area (Å²) in [5, 5.41) is 3.47. The molecule has 0 spiro atoms. The van der Waals surface area contributed by atoms with Crippen molar-refractivity contribution in [1.82, 2.24) is 9.88 Å². The summed E-state index contributed by atoms with van der Waals surface area (Å²) in [6, 6.07) is 7.75. The van der Waals surface area contributed by atoms with Gasteiger partial charge in [-0.25, -0.2) is 13.4 Å². The number of anilines is 2. The Morgan fingerprint density at radius 3 is 2.63 bits per heavy atom. The van der Waals surface area contributed by atoms with Gasteiger partial charge in [0.2, 0.25) is 0 Å². The Morgan fingerprint density at radius 1 is 1.17 bits per heavy atom. The van der Waals surface area contributed by atoms with E-state index in [1.54, 1.807) is 18.2 Å². The molecule has 1 amide bonds. The lowest BCUT2D eigenvalue weighted by molar-refractivity contribution is 0.0762. The fourth-order valence-electron chi connectivity index (χ4n) is 5.09. The molecule has 158 valence electrons. The average molecular weight is 428 g/mol. The predicted molar refractivity (Wildman–Crippen MR) is 114 cm³/mol. The number of ether oxygens (including phenoxy) is 1. The number of aromatic nitrogens is 1. The minimum Gasteiger partial charge on any atom is -0.497 e. The highest BCUT2D eigenvalue weighted by atomic mass is 32.2. The molecule has 2 aliphatic carbocycles. The molecule has 30 heavy (non-hydrogen) atoms. The zero-order chi connectivity index (χ0) is 20.9. The SMILES string of the molecule is COc1cccc(Nc2cnc(C(=O)N3CCS(=O)(=O)CC3)c3c2C2CCC3C2)c1. The van der Waals surface area contributed by atoms with E-state index in [0.717, 1.165) is 42.0 Å². The maximum Gasteiger partial charge on any atom is 0.272 e. The number of fused-ring (bicyclic) bond motifs is 5. The largest absolute Gasteiger partial charge is 0.497 e. The van der Waals surface area contributed by atoms with Crippen LogP contribution in [-0.4, -0.2) is 55.9 Å². The topological polar surface area (TPSA) is 88.6 Å². The van der Waals surface area contributed by atoms with Crippen molar-refractivity contribution in [3.63, 3.8) is 0 Å². The second-order valence-corrected chi connectivity index (χ2v) is 10.7. The summed E-state index contributed by atoms with van der Waals surface area (Å²) in [7, 11) is -1.39. The summed E-state index contributed by atoms with van der Waals surface area (Å²) >= 11 is 0. The van der Waals surface area contributed by atoms with E-state index in [9.17, 15) is 13.2 Å². The number of amides is 1. The standard InChI is InChI=1S/C22H25N3O4S/c1-29-17-4-2-3-16(12-17)24-18-13-23-21(20-15-6-5-14(11-15)19(18)20)22(26)25-7-9-30(27,28)10-8-25/h2-4,12-15,24H,5-11H2,1H3. The van der Waals surface area contributed by atoms with Gasteiger partial charge in [0.25, 0.3) is 5.91 Å². The molecule has 2 unspecified atom stereocenters. The van der Waals surface area contributed by atoms with Gasteiger partial charge in [0, 0.05) is 24.8 Å². The summed E-state index contributed by atoms with van der Waals surface area (Å²) in [4.78, 5) is 19.5. The van der Waals surface area contributed by atoms with Crippen molar-refractivity contribution in [3.8, 4) is 5.75 Å². The highest BCUT2D eigenvalue weighted by molar-refractivity contribution is 7.91. The first kappa shape index (κ1) is 19.4. The van der Waals surface area contributed by atoms with Gasteiger partial charge in [-0.3, -0.25) is 4.79 Å². The van der Waals surface area contributed by atoms with Crippen LogP contribution in [0, 0.1) is 0 Å². The van der Waals surface area contributed by atoms with Gasteiger partial charge < -0.3 is 15.0 Å². The van der Waals surface area contributed by atoms with Crippen molar-refractivity contribution in [2.24, 2.45) is 0 Å². The van der Waals surface area contributed by atoms with Crippen LogP contribution in [0.25, 0.3) is 0 Å². The normalized spacial score (nSPS) is 23.8. The minimum atomic E-state index is -3.03. The Kier molecular flexibility index (Phi) is 4.69. The maximum absolute atomic E-state index is 13.2. The first-order chi connectivity index (χ1) is 14.4. The van der Waals surface area contributed by atoms with Crippen LogP contribution in [0.15, 0.2) is 30.5 Å². The van der Waals surface area contributed by atoms with Crippen molar-refractivity contribution in [2.75, 3.05) is 37.0 Å². The third-order valence-electron chi connectivity index (χ3n) is 6.59. The molecule has 3 aliphatic rings. The zero-order valence-electron chi connectivity index (χ0n) is 16.9. The second-order valence-electron chi connectivity index (χ2n) is 8.36. The molecule has 0 radical (unpaired) electrons. The van der Waals surface area contributed by atoms with Gasteiger partial charge in [0.1, 0.15) is 11.4 Å². The van der Waals surface area contributed by atoms with Crippen LogP contribution < -0.4 is 10.1 Å². The molecule has 2 bridgehead atoms. The maximum atomic E-state index is 13.2. The lowest BCUT2D eigenvalue weighted by Gasteiger charge is -2.28. The number of hydrogen-bond donors (Lipinski definition) is 1. The van der Waals surface area contributed by atoms with Crippen LogP contribution in [0.3, 0.4) is 0 Å². The van der Waals surface area contributed by atoms with E-state index in [1.807, 2.05) is 24.3 Å². The molecule has 2 heterocycles. The van der Waals surface area contributed by atoms with Gasteiger partial charge in [-0.05, 0) is 54.4 Å². The fourth-order valence-corrected chi connectivity index (χ4v) is 6.29. The molecule has 2 aromatic rings. The van der Waals surface area contributed by atoms with Crippen LogP contribution >= 0.6 is 0 Å². The molecular weight excluding hydrogens is 402 g/mol. The number of hydrogen-bond acceptors (Lipinski definition) is 6. The Morgan fingerprint density at radius 2 is 1.90 bits per heavy atom. The van der Waals surface area contributed by atoms with E-state index >= 15 is 0 Å². The Labute approximate surface area is 176 Å². The number of pyridine rings is 1. The monoisotopic (exact) mass is 427 g/mol. The number of nitrogens with one attached hydrogen (secondary N) is 1. The molecule has 1 aliphatic heterocycles. The van der Waals surface area contributed by atoms with Gasteiger partial charge in [0.05, 0.1) is 30.5 Å². The van der Waals surface area contributed by atoms with Crippen LogP contribution in [0.1, 0.15) is 52.7 Å². The van der Waals surface area contributed by atoms with Gasteiger partial charge in [-0.1, -0.05) is 6.07 Å². The quantitative estimate of drug-likeness (QED) is 0.807. The van der Waals surface area contributed by atoms with E-state index in [0.29, 0.717) is 17.5 Å². The van der Waals surface area contributed by atoms with Crippen molar-refractivity contribution >= 4 is 27.1 Å². The van der Waals surface area contributed by atoms with Crippen LogP contribution in [0.4, 0.5) is 11.4 Å². The molecule has 8 heteroatoms. The van der Waals surface area contributed by atoms with E-state index in [2.05, 4.69) is 10.3 Å². The molecule has 7 nitrogen and oxygen atoms in total. The number of sulfone groups is 1. The van der Waals surface area contributed by atoms with Crippen molar-refractivity contribution in [3.05, 3.63) is 47.3 Å². The first-order valence-corrected chi connectivity index (χ1v) is 12.2. The highest BCUT2D eigenvalue weighted by Gasteiger charge is 2.42. The summed E-state index contributed by atoms with van der Waals surface area (Å²) in [6.45, 7) is 0.491. The molecule has 2 fully saturated rings. The Balaban J connectivity index is 1.48. The van der Waals surface area contributed by atoms with Crippen LogP contribution in [-0.2, 0) is 9.84 Å². The summed E-state index contributed by atoms with van der Waals surface area (Å²) in [5.74, 6) is 1.50. The zero-order valence-corrected chi connectivity index (χ0v) is 17.7. The number of rotatable bonds is 4. The smallest absolute Gasteiger partial charge is 0.272 e. The number of carbonyl (C=O) groups excluding carboxylic acids is 1. The van der Waals surface area contributed by atoms with Crippen molar-refractivity contribution < 1.29 is 17.9 Å².